The molecule has 0 saturated carbocycles. The molecule has 2 aliphatic heterocycles. The standard InChI is InChI=1S/C18H24N8O/c1-13-10-15(23-18(19)21-13)24-6-8-25(9-7-24)16-12-20-11-14(22-16)17(27)26-4-2-3-5-26/h10-12H,2-9H2,1H3,(H2,19,21,23). The predicted molar refractivity (Wildman–Crippen MR) is 103 cm³/mol. The average Bonchev–Trinajstić information content (AvgIpc) is 3.22. The minimum atomic E-state index is -0.0209. The van der Waals surface area contributed by atoms with Gasteiger partial charge in [0.25, 0.3) is 5.91 Å². The Hall–Kier alpha value is -2.97. The number of nitrogens with two attached hydrogens (primary N) is 1. The van der Waals surface area contributed by atoms with Crippen LogP contribution in [0.15, 0.2) is 18.5 Å². The Bertz CT molecular complexity index is 808. The van der Waals surface area contributed by atoms with Gasteiger partial charge in [-0.15, -0.1) is 0 Å². The van der Waals surface area contributed by atoms with Gasteiger partial charge in [-0.2, -0.15) is 4.98 Å². The molecule has 2 aromatic heterocycles. The second kappa shape index (κ2) is 7.34. The average molecular weight is 368 g/mol. The third-order valence-corrected chi connectivity index (χ3v) is 5.02. The van der Waals surface area contributed by atoms with Gasteiger partial charge in [0.15, 0.2) is 0 Å². The van der Waals surface area contributed by atoms with Crippen LogP contribution in [0, 0.1) is 6.92 Å². The van der Waals surface area contributed by atoms with Crippen molar-refractivity contribution in [3.63, 3.8) is 0 Å². The maximum Gasteiger partial charge on any atom is 0.274 e. The molecule has 2 saturated heterocycles. The lowest BCUT2D eigenvalue weighted by atomic mass is 10.3. The van der Waals surface area contributed by atoms with E-state index in [-0.39, 0.29) is 5.91 Å². The Morgan fingerprint density at radius 2 is 1.59 bits per heavy atom. The molecule has 0 atom stereocenters. The summed E-state index contributed by atoms with van der Waals surface area (Å²) in [5.41, 5.74) is 7.05. The molecule has 2 aromatic rings. The van der Waals surface area contributed by atoms with Crippen molar-refractivity contribution in [2.75, 3.05) is 54.8 Å². The molecule has 0 aliphatic carbocycles. The van der Waals surface area contributed by atoms with Crippen LogP contribution in [0.3, 0.4) is 0 Å². The fourth-order valence-electron chi connectivity index (χ4n) is 3.59. The highest BCUT2D eigenvalue weighted by Crippen LogP contribution is 2.19. The highest BCUT2D eigenvalue weighted by atomic mass is 16.2. The van der Waals surface area contributed by atoms with Crippen LogP contribution < -0.4 is 15.5 Å². The molecule has 4 rings (SSSR count). The largest absolute Gasteiger partial charge is 0.368 e. The first-order chi connectivity index (χ1) is 13.1. The summed E-state index contributed by atoms with van der Waals surface area (Å²) in [7, 11) is 0. The first-order valence-electron chi connectivity index (χ1n) is 9.32. The van der Waals surface area contributed by atoms with Crippen LogP contribution in [0.25, 0.3) is 0 Å². The lowest BCUT2D eigenvalue weighted by molar-refractivity contribution is 0.0786. The van der Waals surface area contributed by atoms with Crippen LogP contribution in [-0.2, 0) is 0 Å². The molecule has 4 heterocycles. The predicted octanol–water partition coefficient (Wildman–Crippen LogP) is 0.720. The zero-order chi connectivity index (χ0) is 18.8. The van der Waals surface area contributed by atoms with Crippen molar-refractivity contribution >= 4 is 23.5 Å². The van der Waals surface area contributed by atoms with E-state index < -0.39 is 0 Å². The van der Waals surface area contributed by atoms with Gasteiger partial charge < -0.3 is 20.4 Å². The van der Waals surface area contributed by atoms with E-state index >= 15 is 0 Å². The molecule has 2 fully saturated rings. The Morgan fingerprint density at radius 1 is 0.926 bits per heavy atom. The van der Waals surface area contributed by atoms with Crippen molar-refractivity contribution in [1.29, 1.82) is 0 Å². The minimum absolute atomic E-state index is 0.0209. The van der Waals surface area contributed by atoms with E-state index in [1.165, 1.54) is 0 Å². The Labute approximate surface area is 158 Å². The summed E-state index contributed by atoms with van der Waals surface area (Å²) < 4.78 is 0. The van der Waals surface area contributed by atoms with E-state index in [4.69, 9.17) is 5.73 Å². The second-order valence-corrected chi connectivity index (χ2v) is 6.96. The Kier molecular flexibility index (Phi) is 4.74. The third kappa shape index (κ3) is 3.76. The number of hydrogen-bond donors (Lipinski definition) is 1. The number of likely N-dealkylation sites (tertiary alicyclic amines) is 1. The normalized spacial score (nSPS) is 17.4. The highest BCUT2D eigenvalue weighted by molar-refractivity contribution is 5.92. The minimum Gasteiger partial charge on any atom is -0.368 e. The second-order valence-electron chi connectivity index (χ2n) is 6.96. The Morgan fingerprint density at radius 3 is 2.26 bits per heavy atom. The number of carbonyl (C=O) groups excluding carboxylic acids is 1. The van der Waals surface area contributed by atoms with Gasteiger partial charge in [0, 0.05) is 51.0 Å². The molecule has 0 radical (unpaired) electrons. The van der Waals surface area contributed by atoms with Crippen molar-refractivity contribution in [2.24, 2.45) is 0 Å². The molecular weight excluding hydrogens is 344 g/mol. The number of aromatic nitrogens is 4. The fourth-order valence-corrected chi connectivity index (χ4v) is 3.59. The van der Waals surface area contributed by atoms with Crippen LogP contribution in [0.2, 0.25) is 0 Å². The van der Waals surface area contributed by atoms with Gasteiger partial charge in [0.2, 0.25) is 5.95 Å². The van der Waals surface area contributed by atoms with Crippen molar-refractivity contribution in [3.8, 4) is 0 Å². The van der Waals surface area contributed by atoms with Crippen molar-refractivity contribution in [3.05, 3.63) is 29.8 Å². The van der Waals surface area contributed by atoms with Crippen LogP contribution in [0.4, 0.5) is 17.6 Å². The Balaban J connectivity index is 1.43. The fraction of sp³-hybridized carbons (Fsp3) is 0.500. The van der Waals surface area contributed by atoms with E-state index in [0.717, 1.165) is 69.4 Å². The number of hydrogen-bond acceptors (Lipinski definition) is 8. The molecule has 0 aromatic carbocycles. The number of aryl methyl sites for hydroxylation is 1. The number of nitrogen functional groups attached to an aromatic ring is 1. The van der Waals surface area contributed by atoms with E-state index in [9.17, 15) is 4.79 Å². The van der Waals surface area contributed by atoms with Gasteiger partial charge in [0.1, 0.15) is 17.3 Å². The summed E-state index contributed by atoms with van der Waals surface area (Å²) in [6, 6.07) is 1.95. The highest BCUT2D eigenvalue weighted by Gasteiger charge is 2.24. The van der Waals surface area contributed by atoms with Crippen LogP contribution >= 0.6 is 0 Å². The van der Waals surface area contributed by atoms with Crippen LogP contribution in [0.5, 0.6) is 0 Å². The van der Waals surface area contributed by atoms with Gasteiger partial charge in [-0.05, 0) is 19.8 Å². The lowest BCUT2D eigenvalue weighted by Crippen LogP contribution is -2.47. The molecule has 0 spiro atoms. The zero-order valence-electron chi connectivity index (χ0n) is 15.5. The molecule has 9 heteroatoms. The SMILES string of the molecule is Cc1cc(N2CCN(c3cncc(C(=O)N4CCCC4)n3)CC2)nc(N)n1. The number of rotatable bonds is 3. The van der Waals surface area contributed by atoms with Gasteiger partial charge >= 0.3 is 0 Å². The molecule has 142 valence electrons. The quantitative estimate of drug-likeness (QED) is 0.845. The van der Waals surface area contributed by atoms with E-state index in [1.54, 1.807) is 12.4 Å². The molecule has 1 amide bonds. The summed E-state index contributed by atoms with van der Waals surface area (Å²) in [6.07, 6.45) is 5.41. The molecule has 27 heavy (non-hydrogen) atoms. The zero-order valence-corrected chi connectivity index (χ0v) is 15.5. The topological polar surface area (TPSA) is 104 Å². The first-order valence-corrected chi connectivity index (χ1v) is 9.32. The molecule has 2 aliphatic rings. The molecule has 0 unspecified atom stereocenters. The van der Waals surface area contributed by atoms with E-state index in [0.29, 0.717) is 11.6 Å². The van der Waals surface area contributed by atoms with Gasteiger partial charge in [-0.25, -0.2) is 9.97 Å². The maximum absolute atomic E-state index is 12.6. The summed E-state index contributed by atoms with van der Waals surface area (Å²) in [6.45, 7) is 6.67. The van der Waals surface area contributed by atoms with Crippen LogP contribution in [-0.4, -0.2) is 70.0 Å². The first kappa shape index (κ1) is 17.4. The number of carbonyl (C=O) groups is 1. The smallest absolute Gasteiger partial charge is 0.274 e. The number of anilines is 3. The third-order valence-electron chi connectivity index (χ3n) is 5.02. The van der Waals surface area contributed by atoms with Crippen molar-refractivity contribution in [2.45, 2.75) is 19.8 Å². The molecule has 2 N–H and O–H groups in total. The molecule has 9 nitrogen and oxygen atoms in total. The summed E-state index contributed by atoms with van der Waals surface area (Å²) in [4.78, 5) is 36.0. The summed E-state index contributed by atoms with van der Waals surface area (Å²) >= 11 is 0. The van der Waals surface area contributed by atoms with Gasteiger partial charge in [0.05, 0.1) is 12.4 Å². The molecular formula is C18H24N8O. The van der Waals surface area contributed by atoms with Crippen molar-refractivity contribution < 1.29 is 4.79 Å². The van der Waals surface area contributed by atoms with E-state index in [1.807, 2.05) is 17.9 Å². The van der Waals surface area contributed by atoms with Gasteiger partial charge in [-0.3, -0.25) is 9.78 Å². The number of piperazine rings is 1. The number of nitrogens with zero attached hydrogens (tertiary/aromatic N) is 7. The van der Waals surface area contributed by atoms with Crippen molar-refractivity contribution in [1.82, 2.24) is 24.8 Å². The monoisotopic (exact) mass is 368 g/mol. The van der Waals surface area contributed by atoms with E-state index in [2.05, 4.69) is 29.7 Å². The van der Waals surface area contributed by atoms with Crippen LogP contribution in [0.1, 0.15) is 29.0 Å². The molecule has 0 bridgehead atoms. The number of amides is 1. The summed E-state index contributed by atoms with van der Waals surface area (Å²) in [5, 5.41) is 0. The maximum atomic E-state index is 12.6. The van der Waals surface area contributed by atoms with Gasteiger partial charge in [-0.1, -0.05) is 0 Å². The lowest BCUT2D eigenvalue weighted by Gasteiger charge is -2.36. The summed E-state index contributed by atoms with van der Waals surface area (Å²) in [5.74, 6) is 1.88.